The number of nitrogens with one attached hydrogen (secondary N) is 3. The number of carbonyl (C=O) groups is 1. The van der Waals surface area contributed by atoms with E-state index >= 15 is 0 Å². The van der Waals surface area contributed by atoms with Crippen molar-refractivity contribution < 1.29 is 4.79 Å². The molecule has 3 N–H and O–H groups in total. The van der Waals surface area contributed by atoms with Crippen molar-refractivity contribution in [2.75, 3.05) is 11.9 Å². The average molecular weight is 398 g/mol. The number of carbonyl (C=O) groups excluding carboxylic acids is 1. The Kier molecular flexibility index (Phi) is 7.61. The summed E-state index contributed by atoms with van der Waals surface area (Å²) in [4.78, 5) is 21.3. The molecule has 0 unspecified atom stereocenters. The van der Waals surface area contributed by atoms with E-state index in [1.807, 2.05) is 38.2 Å². The van der Waals surface area contributed by atoms with Crippen molar-refractivity contribution in [2.45, 2.75) is 52.1 Å². The smallest absolute Gasteiger partial charge is 0.227 e. The van der Waals surface area contributed by atoms with E-state index in [1.54, 1.807) is 4.68 Å². The quantitative estimate of drug-likeness (QED) is 0.493. The van der Waals surface area contributed by atoms with Crippen LogP contribution in [0, 0.1) is 5.92 Å². The molecule has 156 valence electrons. The molecule has 0 atom stereocenters. The zero-order valence-electron chi connectivity index (χ0n) is 17.3. The maximum absolute atomic E-state index is 12.5. The highest BCUT2D eigenvalue weighted by Gasteiger charge is 2.21. The molecule has 0 radical (unpaired) electrons. The number of rotatable bonds is 7. The van der Waals surface area contributed by atoms with Crippen molar-refractivity contribution in [3.63, 3.8) is 0 Å². The van der Waals surface area contributed by atoms with Crippen LogP contribution < -0.4 is 16.0 Å². The minimum Gasteiger partial charge on any atom is -0.357 e. The first-order chi connectivity index (χ1) is 14.2. The SMILES string of the molecule is CCNC(=NCc1cccc(NC(=O)C2CCCCC2)c1)NCc1ncnn1C. The molecule has 3 rings (SSSR count). The van der Waals surface area contributed by atoms with Crippen molar-refractivity contribution >= 4 is 17.6 Å². The third-order valence-corrected chi connectivity index (χ3v) is 5.15. The number of aromatic nitrogens is 3. The monoisotopic (exact) mass is 397 g/mol. The number of aryl methyl sites for hydroxylation is 1. The lowest BCUT2D eigenvalue weighted by Crippen LogP contribution is -2.37. The molecule has 1 aliphatic rings. The highest BCUT2D eigenvalue weighted by atomic mass is 16.1. The van der Waals surface area contributed by atoms with E-state index < -0.39 is 0 Å². The van der Waals surface area contributed by atoms with Crippen molar-refractivity contribution in [3.8, 4) is 0 Å². The van der Waals surface area contributed by atoms with Crippen molar-refractivity contribution in [2.24, 2.45) is 18.0 Å². The first-order valence-electron chi connectivity index (χ1n) is 10.4. The van der Waals surface area contributed by atoms with Gasteiger partial charge in [0.1, 0.15) is 12.2 Å². The van der Waals surface area contributed by atoms with E-state index in [9.17, 15) is 4.79 Å². The fourth-order valence-electron chi connectivity index (χ4n) is 3.51. The Labute approximate surface area is 172 Å². The number of benzene rings is 1. The van der Waals surface area contributed by atoms with Gasteiger partial charge in [-0.25, -0.2) is 9.98 Å². The second-order valence-corrected chi connectivity index (χ2v) is 7.37. The van der Waals surface area contributed by atoms with Crippen LogP contribution in [0.3, 0.4) is 0 Å². The second kappa shape index (κ2) is 10.6. The van der Waals surface area contributed by atoms with Crippen LogP contribution in [0.15, 0.2) is 35.6 Å². The first-order valence-corrected chi connectivity index (χ1v) is 10.4. The van der Waals surface area contributed by atoms with Gasteiger partial charge in [-0.15, -0.1) is 0 Å². The van der Waals surface area contributed by atoms with Gasteiger partial charge >= 0.3 is 0 Å². The molecule has 1 aromatic carbocycles. The van der Waals surface area contributed by atoms with E-state index in [0.717, 1.165) is 49.3 Å². The maximum Gasteiger partial charge on any atom is 0.227 e. The third-order valence-electron chi connectivity index (χ3n) is 5.15. The molecule has 1 saturated carbocycles. The first kappa shape index (κ1) is 20.8. The molecule has 1 amide bonds. The Morgan fingerprint density at radius 2 is 2.07 bits per heavy atom. The number of amides is 1. The molecule has 0 spiro atoms. The van der Waals surface area contributed by atoms with Gasteiger partial charge in [-0.05, 0) is 37.5 Å². The molecule has 0 bridgehead atoms. The van der Waals surface area contributed by atoms with E-state index in [0.29, 0.717) is 19.0 Å². The number of anilines is 1. The minimum atomic E-state index is 0.143. The lowest BCUT2D eigenvalue weighted by atomic mass is 9.88. The molecule has 1 aliphatic carbocycles. The van der Waals surface area contributed by atoms with Gasteiger partial charge in [-0.1, -0.05) is 31.4 Å². The summed E-state index contributed by atoms with van der Waals surface area (Å²) in [6.45, 7) is 3.85. The third kappa shape index (κ3) is 6.30. The van der Waals surface area contributed by atoms with Gasteiger partial charge < -0.3 is 16.0 Å². The molecule has 8 nitrogen and oxygen atoms in total. The van der Waals surface area contributed by atoms with E-state index in [2.05, 4.69) is 31.0 Å². The van der Waals surface area contributed by atoms with Gasteiger partial charge in [0.05, 0.1) is 13.1 Å². The van der Waals surface area contributed by atoms with Gasteiger partial charge in [-0.2, -0.15) is 5.10 Å². The Bertz CT molecular complexity index is 824. The molecule has 1 aromatic heterocycles. The van der Waals surface area contributed by atoms with Crippen LogP contribution in [0.4, 0.5) is 5.69 Å². The lowest BCUT2D eigenvalue weighted by Gasteiger charge is -2.20. The summed E-state index contributed by atoms with van der Waals surface area (Å²) < 4.78 is 1.73. The summed E-state index contributed by atoms with van der Waals surface area (Å²) in [5, 5.41) is 13.7. The zero-order chi connectivity index (χ0) is 20.5. The van der Waals surface area contributed by atoms with Gasteiger partial charge in [-0.3, -0.25) is 9.48 Å². The van der Waals surface area contributed by atoms with Gasteiger partial charge in [0.2, 0.25) is 5.91 Å². The number of hydrogen-bond donors (Lipinski definition) is 3. The van der Waals surface area contributed by atoms with Crippen LogP contribution in [0.2, 0.25) is 0 Å². The summed E-state index contributed by atoms with van der Waals surface area (Å²) in [5.74, 6) is 1.84. The van der Waals surface area contributed by atoms with Crippen LogP contribution in [-0.2, 0) is 24.9 Å². The van der Waals surface area contributed by atoms with E-state index in [-0.39, 0.29) is 11.8 Å². The summed E-state index contributed by atoms with van der Waals surface area (Å²) in [5.41, 5.74) is 1.88. The Balaban J connectivity index is 1.58. The van der Waals surface area contributed by atoms with Crippen molar-refractivity contribution in [1.29, 1.82) is 0 Å². The predicted octanol–water partition coefficient (Wildman–Crippen LogP) is 2.59. The Hall–Kier alpha value is -2.90. The fourth-order valence-corrected chi connectivity index (χ4v) is 3.51. The lowest BCUT2D eigenvalue weighted by molar-refractivity contribution is -0.120. The molecule has 1 heterocycles. The Morgan fingerprint density at radius 3 is 2.79 bits per heavy atom. The van der Waals surface area contributed by atoms with Crippen molar-refractivity contribution in [3.05, 3.63) is 42.0 Å². The summed E-state index contributed by atoms with van der Waals surface area (Å²) >= 11 is 0. The molecule has 2 aromatic rings. The standard InChI is InChI=1S/C21H31N7O/c1-3-22-21(24-14-19-25-15-26-28(19)2)23-13-16-8-7-11-18(12-16)27-20(29)17-9-5-4-6-10-17/h7-8,11-12,15,17H,3-6,9-10,13-14H2,1-2H3,(H,27,29)(H2,22,23,24). The molecular weight excluding hydrogens is 366 g/mol. The number of nitrogens with zero attached hydrogens (tertiary/aromatic N) is 4. The summed E-state index contributed by atoms with van der Waals surface area (Å²) in [7, 11) is 1.86. The highest BCUT2D eigenvalue weighted by Crippen LogP contribution is 2.25. The van der Waals surface area contributed by atoms with E-state index in [4.69, 9.17) is 0 Å². The summed E-state index contributed by atoms with van der Waals surface area (Å²) in [6.07, 6.45) is 7.09. The van der Waals surface area contributed by atoms with Crippen LogP contribution in [0.25, 0.3) is 0 Å². The maximum atomic E-state index is 12.5. The number of aliphatic imine (C=N–C) groups is 1. The zero-order valence-corrected chi connectivity index (χ0v) is 17.3. The van der Waals surface area contributed by atoms with Gasteiger partial charge in [0, 0.05) is 25.2 Å². The second-order valence-electron chi connectivity index (χ2n) is 7.37. The molecule has 1 fully saturated rings. The fraction of sp³-hybridized carbons (Fsp3) is 0.524. The van der Waals surface area contributed by atoms with Crippen LogP contribution in [0.1, 0.15) is 50.4 Å². The number of hydrogen-bond acceptors (Lipinski definition) is 4. The minimum absolute atomic E-state index is 0.143. The van der Waals surface area contributed by atoms with Crippen LogP contribution in [0.5, 0.6) is 0 Å². The topological polar surface area (TPSA) is 96.2 Å². The normalized spacial score (nSPS) is 15.2. The Morgan fingerprint density at radius 1 is 1.24 bits per heavy atom. The van der Waals surface area contributed by atoms with E-state index in [1.165, 1.54) is 12.7 Å². The average Bonchev–Trinajstić information content (AvgIpc) is 3.16. The molecule has 0 saturated heterocycles. The highest BCUT2D eigenvalue weighted by molar-refractivity contribution is 5.92. The van der Waals surface area contributed by atoms with Crippen LogP contribution in [-0.4, -0.2) is 33.2 Å². The predicted molar refractivity (Wildman–Crippen MR) is 114 cm³/mol. The molecule has 8 heteroatoms. The van der Waals surface area contributed by atoms with Gasteiger partial charge in [0.25, 0.3) is 0 Å². The van der Waals surface area contributed by atoms with Gasteiger partial charge in [0.15, 0.2) is 5.96 Å². The molecule has 0 aliphatic heterocycles. The van der Waals surface area contributed by atoms with Crippen LogP contribution >= 0.6 is 0 Å². The molecular formula is C21H31N7O. The largest absolute Gasteiger partial charge is 0.357 e. The molecule has 29 heavy (non-hydrogen) atoms. The van der Waals surface area contributed by atoms with Crippen molar-refractivity contribution in [1.82, 2.24) is 25.4 Å². The summed E-state index contributed by atoms with van der Waals surface area (Å²) in [6, 6.07) is 7.91. The number of guanidine groups is 1.